The first kappa shape index (κ1) is 14.3. The minimum absolute atomic E-state index is 0.101. The molecular weight excluding hydrogens is 252 g/mol. The first-order chi connectivity index (χ1) is 9.58. The zero-order valence-corrected chi connectivity index (χ0v) is 12.1. The fraction of sp³-hybridized carbons (Fsp3) is 0.333. The second kappa shape index (κ2) is 6.34. The van der Waals surface area contributed by atoms with Crippen LogP contribution in [-0.4, -0.2) is 47.8 Å². The molecule has 1 N–H and O–H groups in total. The van der Waals surface area contributed by atoms with E-state index in [1.807, 2.05) is 56.3 Å². The molecule has 1 heterocycles. The summed E-state index contributed by atoms with van der Waals surface area (Å²) in [5, 5.41) is 7.30. The van der Waals surface area contributed by atoms with Crippen LogP contribution in [0.3, 0.4) is 0 Å². The molecule has 0 saturated heterocycles. The Morgan fingerprint density at radius 2 is 2.00 bits per heavy atom. The highest BCUT2D eigenvalue weighted by Gasteiger charge is 2.14. The quantitative estimate of drug-likeness (QED) is 0.897. The third kappa shape index (κ3) is 3.45. The molecule has 2 aromatic rings. The Morgan fingerprint density at radius 1 is 1.30 bits per heavy atom. The lowest BCUT2D eigenvalue weighted by Crippen LogP contribution is -2.32. The molecule has 0 saturated carbocycles. The van der Waals surface area contributed by atoms with Gasteiger partial charge in [0.05, 0.1) is 11.4 Å². The molecule has 1 aromatic heterocycles. The molecule has 0 aliphatic rings. The van der Waals surface area contributed by atoms with Crippen LogP contribution >= 0.6 is 0 Å². The molecule has 0 radical (unpaired) electrons. The highest BCUT2D eigenvalue weighted by Crippen LogP contribution is 2.12. The molecule has 0 spiro atoms. The predicted octanol–water partition coefficient (Wildman–Crippen LogP) is 1.47. The van der Waals surface area contributed by atoms with Gasteiger partial charge in [0.15, 0.2) is 0 Å². The van der Waals surface area contributed by atoms with E-state index in [-0.39, 0.29) is 5.91 Å². The smallest absolute Gasteiger partial charge is 0.270 e. The number of aromatic nitrogens is 2. The van der Waals surface area contributed by atoms with Crippen molar-refractivity contribution >= 4 is 5.91 Å². The van der Waals surface area contributed by atoms with Crippen LogP contribution in [0.25, 0.3) is 5.69 Å². The van der Waals surface area contributed by atoms with Crippen molar-refractivity contribution in [3.8, 4) is 5.69 Å². The van der Waals surface area contributed by atoms with E-state index < -0.39 is 0 Å². The molecule has 2 rings (SSSR count). The summed E-state index contributed by atoms with van der Waals surface area (Å²) < 4.78 is 1.68. The second-order valence-corrected chi connectivity index (χ2v) is 4.98. The maximum absolute atomic E-state index is 12.2. The summed E-state index contributed by atoms with van der Waals surface area (Å²) in [6, 6.07) is 11.5. The van der Waals surface area contributed by atoms with Gasteiger partial charge in [-0.1, -0.05) is 18.2 Å². The first-order valence-corrected chi connectivity index (χ1v) is 6.63. The zero-order valence-electron chi connectivity index (χ0n) is 12.1. The topological polar surface area (TPSA) is 50.2 Å². The van der Waals surface area contributed by atoms with E-state index in [1.54, 1.807) is 10.7 Å². The Bertz CT molecular complexity index is 575. The Morgan fingerprint density at radius 3 is 2.65 bits per heavy atom. The van der Waals surface area contributed by atoms with Crippen LogP contribution in [0.5, 0.6) is 0 Å². The van der Waals surface area contributed by atoms with Gasteiger partial charge in [0, 0.05) is 13.1 Å². The number of carbonyl (C=O) groups is 1. The molecule has 0 aliphatic carbocycles. The lowest BCUT2D eigenvalue weighted by molar-refractivity contribution is 0.0943. The van der Waals surface area contributed by atoms with E-state index in [4.69, 9.17) is 0 Å². The van der Waals surface area contributed by atoms with Crippen LogP contribution in [0.1, 0.15) is 16.2 Å². The number of nitrogens with zero attached hydrogens (tertiary/aromatic N) is 3. The summed E-state index contributed by atoms with van der Waals surface area (Å²) in [6.45, 7) is 3.31. The summed E-state index contributed by atoms with van der Waals surface area (Å²) in [6.07, 6.45) is 0. The molecule has 1 aromatic carbocycles. The molecule has 0 bridgehead atoms. The summed E-state index contributed by atoms with van der Waals surface area (Å²) >= 11 is 0. The van der Waals surface area contributed by atoms with Gasteiger partial charge in [-0.15, -0.1) is 0 Å². The summed E-state index contributed by atoms with van der Waals surface area (Å²) in [7, 11) is 3.95. The van der Waals surface area contributed by atoms with Crippen molar-refractivity contribution in [3.05, 3.63) is 47.8 Å². The average Bonchev–Trinajstić information content (AvgIpc) is 2.81. The highest BCUT2D eigenvalue weighted by molar-refractivity contribution is 5.93. The van der Waals surface area contributed by atoms with E-state index in [0.29, 0.717) is 12.2 Å². The number of aryl methyl sites for hydroxylation is 1. The van der Waals surface area contributed by atoms with Gasteiger partial charge in [-0.2, -0.15) is 5.10 Å². The van der Waals surface area contributed by atoms with Gasteiger partial charge in [0.2, 0.25) is 0 Å². The van der Waals surface area contributed by atoms with Gasteiger partial charge in [0.1, 0.15) is 5.69 Å². The maximum atomic E-state index is 12.2. The average molecular weight is 272 g/mol. The molecule has 0 aliphatic heterocycles. The Hall–Kier alpha value is -2.14. The van der Waals surface area contributed by atoms with Crippen LogP contribution in [-0.2, 0) is 0 Å². The van der Waals surface area contributed by atoms with Crippen molar-refractivity contribution in [1.29, 1.82) is 0 Å². The lowest BCUT2D eigenvalue weighted by atomic mass is 10.3. The lowest BCUT2D eigenvalue weighted by Gasteiger charge is -2.11. The standard InChI is InChI=1S/C15H20N4O/c1-12-11-14(15(20)16-9-10-18(2)3)19(17-12)13-7-5-4-6-8-13/h4-8,11H,9-10H2,1-3H3,(H,16,20). The van der Waals surface area contributed by atoms with E-state index >= 15 is 0 Å². The number of likely N-dealkylation sites (N-methyl/N-ethyl adjacent to an activating group) is 1. The number of amides is 1. The van der Waals surface area contributed by atoms with E-state index in [1.165, 1.54) is 0 Å². The van der Waals surface area contributed by atoms with Crippen LogP contribution in [0.4, 0.5) is 0 Å². The molecule has 0 atom stereocenters. The van der Waals surface area contributed by atoms with Crippen LogP contribution in [0, 0.1) is 6.92 Å². The molecule has 1 amide bonds. The Balaban J connectivity index is 2.18. The SMILES string of the molecule is Cc1cc(C(=O)NCCN(C)C)n(-c2ccccc2)n1. The van der Waals surface area contributed by atoms with Gasteiger partial charge >= 0.3 is 0 Å². The number of carbonyl (C=O) groups excluding carboxylic acids is 1. The number of nitrogens with one attached hydrogen (secondary N) is 1. The number of para-hydroxylation sites is 1. The molecule has 20 heavy (non-hydrogen) atoms. The van der Waals surface area contributed by atoms with Gasteiger partial charge in [-0.25, -0.2) is 4.68 Å². The van der Waals surface area contributed by atoms with Crippen LogP contribution < -0.4 is 5.32 Å². The fourth-order valence-corrected chi connectivity index (χ4v) is 1.91. The molecule has 0 unspecified atom stereocenters. The molecular formula is C15H20N4O. The highest BCUT2D eigenvalue weighted by atomic mass is 16.2. The number of hydrogen-bond acceptors (Lipinski definition) is 3. The van der Waals surface area contributed by atoms with Crippen LogP contribution in [0.2, 0.25) is 0 Å². The summed E-state index contributed by atoms with van der Waals surface area (Å²) in [5.41, 5.74) is 2.28. The largest absolute Gasteiger partial charge is 0.349 e. The number of benzene rings is 1. The van der Waals surface area contributed by atoms with Crippen molar-refractivity contribution < 1.29 is 4.79 Å². The van der Waals surface area contributed by atoms with Gasteiger partial charge in [-0.3, -0.25) is 4.79 Å². The monoisotopic (exact) mass is 272 g/mol. The van der Waals surface area contributed by atoms with Crippen molar-refractivity contribution in [2.75, 3.05) is 27.2 Å². The molecule has 0 fully saturated rings. The predicted molar refractivity (Wildman–Crippen MR) is 79.2 cm³/mol. The van der Waals surface area contributed by atoms with E-state index in [0.717, 1.165) is 17.9 Å². The second-order valence-electron chi connectivity index (χ2n) is 4.98. The summed E-state index contributed by atoms with van der Waals surface area (Å²) in [4.78, 5) is 14.3. The van der Waals surface area contributed by atoms with Crippen molar-refractivity contribution in [2.45, 2.75) is 6.92 Å². The van der Waals surface area contributed by atoms with Gasteiger partial charge < -0.3 is 10.2 Å². The van der Waals surface area contributed by atoms with Gasteiger partial charge in [0.25, 0.3) is 5.91 Å². The third-order valence-corrected chi connectivity index (χ3v) is 2.91. The van der Waals surface area contributed by atoms with Crippen molar-refractivity contribution in [3.63, 3.8) is 0 Å². The fourth-order valence-electron chi connectivity index (χ4n) is 1.91. The number of hydrogen-bond donors (Lipinski definition) is 1. The maximum Gasteiger partial charge on any atom is 0.270 e. The van der Waals surface area contributed by atoms with E-state index in [2.05, 4.69) is 10.4 Å². The third-order valence-electron chi connectivity index (χ3n) is 2.91. The zero-order chi connectivity index (χ0) is 14.5. The minimum Gasteiger partial charge on any atom is -0.349 e. The molecule has 5 heteroatoms. The molecule has 106 valence electrons. The normalized spacial score (nSPS) is 10.8. The van der Waals surface area contributed by atoms with Crippen molar-refractivity contribution in [2.24, 2.45) is 0 Å². The Kier molecular flexibility index (Phi) is 4.53. The van der Waals surface area contributed by atoms with E-state index in [9.17, 15) is 4.79 Å². The molecule has 5 nitrogen and oxygen atoms in total. The van der Waals surface area contributed by atoms with Crippen molar-refractivity contribution in [1.82, 2.24) is 20.0 Å². The number of rotatable bonds is 5. The summed E-state index contributed by atoms with van der Waals surface area (Å²) in [5.74, 6) is -0.101. The minimum atomic E-state index is -0.101. The first-order valence-electron chi connectivity index (χ1n) is 6.63. The Labute approximate surface area is 119 Å². The van der Waals surface area contributed by atoms with Crippen LogP contribution in [0.15, 0.2) is 36.4 Å². The van der Waals surface area contributed by atoms with Gasteiger partial charge in [-0.05, 0) is 39.2 Å².